The summed E-state index contributed by atoms with van der Waals surface area (Å²) in [6.07, 6.45) is 0.706. The molecule has 1 aliphatic heterocycles. The summed E-state index contributed by atoms with van der Waals surface area (Å²) in [6.45, 7) is 4.36. The lowest BCUT2D eigenvalue weighted by Crippen LogP contribution is -2.37. The summed E-state index contributed by atoms with van der Waals surface area (Å²) in [5.41, 5.74) is 1.75. The number of benzene rings is 1. The summed E-state index contributed by atoms with van der Waals surface area (Å²) in [4.78, 5) is 15.6. The first-order valence-electron chi connectivity index (χ1n) is 9.95. The Bertz CT molecular complexity index is 1220. The van der Waals surface area contributed by atoms with Crippen LogP contribution in [0.3, 0.4) is 0 Å². The number of fused-ring (bicyclic) bond motifs is 1. The van der Waals surface area contributed by atoms with E-state index in [1.54, 1.807) is 25.3 Å². The van der Waals surface area contributed by atoms with Crippen LogP contribution in [-0.4, -0.2) is 61.3 Å². The highest BCUT2D eigenvalue weighted by Crippen LogP contribution is 2.29. The zero-order valence-electron chi connectivity index (χ0n) is 17.6. The number of nitrogens with zero attached hydrogens (tertiary/aromatic N) is 5. The molecule has 2 aromatic heterocycles. The molecule has 31 heavy (non-hydrogen) atoms. The van der Waals surface area contributed by atoms with E-state index in [2.05, 4.69) is 30.9 Å². The molecule has 0 atom stereocenters. The van der Waals surface area contributed by atoms with E-state index >= 15 is 0 Å². The molecule has 166 valence electrons. The Labute approximate surface area is 189 Å². The molecule has 4 rings (SSSR count). The highest BCUT2D eigenvalue weighted by molar-refractivity contribution is 9.10. The number of methoxy groups -OCH3 is 1. The zero-order chi connectivity index (χ0) is 22.2. The van der Waals surface area contributed by atoms with Crippen molar-refractivity contribution in [2.75, 3.05) is 38.3 Å². The van der Waals surface area contributed by atoms with Crippen LogP contribution in [0.15, 0.2) is 27.8 Å². The fraction of sp³-hybridized carbons (Fsp3) is 0.450. The zero-order valence-corrected chi connectivity index (χ0v) is 20.0. The number of sulfone groups is 1. The average molecular weight is 510 g/mol. The van der Waals surface area contributed by atoms with E-state index in [0.29, 0.717) is 65.5 Å². The van der Waals surface area contributed by atoms with Crippen molar-refractivity contribution in [2.45, 2.75) is 24.3 Å². The van der Waals surface area contributed by atoms with E-state index in [9.17, 15) is 8.42 Å². The van der Waals surface area contributed by atoms with Gasteiger partial charge >= 0.3 is 0 Å². The molecule has 11 heteroatoms. The highest BCUT2D eigenvalue weighted by Gasteiger charge is 2.27. The van der Waals surface area contributed by atoms with Crippen LogP contribution < -0.4 is 9.64 Å². The first-order chi connectivity index (χ1) is 14.8. The number of rotatable bonds is 6. The topological polar surface area (TPSA) is 99.4 Å². The van der Waals surface area contributed by atoms with Crippen LogP contribution in [0.25, 0.3) is 11.2 Å². The third-order valence-electron chi connectivity index (χ3n) is 5.25. The standard InChI is InChI=1S/C20H24BrN5O4S/c1-4-16-22-17-18(25(16)2)23-20(24-19(17)26-7-9-30-10-8-26)31(27,28)12-13-5-6-15(29-3)14(21)11-13/h5-6,11H,4,7-10,12H2,1-3H3. The quantitative estimate of drug-likeness (QED) is 0.467. The maximum absolute atomic E-state index is 13.3. The van der Waals surface area contributed by atoms with Crippen LogP contribution in [-0.2, 0) is 33.8 Å². The normalized spacial score (nSPS) is 14.9. The molecule has 1 aliphatic rings. The Kier molecular flexibility index (Phi) is 6.18. The van der Waals surface area contributed by atoms with Gasteiger partial charge in [-0.25, -0.2) is 13.4 Å². The van der Waals surface area contributed by atoms with E-state index < -0.39 is 9.84 Å². The van der Waals surface area contributed by atoms with Gasteiger partial charge in [-0.05, 0) is 33.6 Å². The Morgan fingerprint density at radius 1 is 1.19 bits per heavy atom. The van der Waals surface area contributed by atoms with E-state index in [-0.39, 0.29) is 10.9 Å². The lowest BCUT2D eigenvalue weighted by molar-refractivity contribution is 0.122. The number of imidazole rings is 1. The molecular formula is C20H24BrN5O4S. The SMILES string of the molecule is CCc1nc2c(N3CCOCC3)nc(S(=O)(=O)Cc3ccc(OC)c(Br)c3)nc2n1C. The van der Waals surface area contributed by atoms with Crippen LogP contribution in [0.1, 0.15) is 18.3 Å². The van der Waals surface area contributed by atoms with Crippen LogP contribution in [0.2, 0.25) is 0 Å². The van der Waals surface area contributed by atoms with E-state index in [4.69, 9.17) is 9.47 Å². The Hall–Kier alpha value is -2.24. The Balaban J connectivity index is 1.80. The van der Waals surface area contributed by atoms with Crippen molar-refractivity contribution in [1.29, 1.82) is 0 Å². The van der Waals surface area contributed by atoms with Crippen molar-refractivity contribution in [3.05, 3.63) is 34.1 Å². The number of hydrogen-bond donors (Lipinski definition) is 0. The molecule has 0 unspecified atom stereocenters. The first kappa shape index (κ1) is 22.0. The minimum Gasteiger partial charge on any atom is -0.496 e. The number of morpholine rings is 1. The predicted molar refractivity (Wildman–Crippen MR) is 120 cm³/mol. The van der Waals surface area contributed by atoms with Crippen LogP contribution >= 0.6 is 15.9 Å². The molecule has 1 aromatic carbocycles. The van der Waals surface area contributed by atoms with Crippen molar-refractivity contribution in [1.82, 2.24) is 19.5 Å². The second-order valence-electron chi connectivity index (χ2n) is 7.27. The maximum Gasteiger partial charge on any atom is 0.251 e. The van der Waals surface area contributed by atoms with Crippen molar-refractivity contribution >= 4 is 42.7 Å². The highest BCUT2D eigenvalue weighted by atomic mass is 79.9. The lowest BCUT2D eigenvalue weighted by atomic mass is 10.2. The van der Waals surface area contributed by atoms with Gasteiger partial charge in [0, 0.05) is 26.6 Å². The molecule has 9 nitrogen and oxygen atoms in total. The fourth-order valence-corrected chi connectivity index (χ4v) is 5.39. The van der Waals surface area contributed by atoms with Gasteiger partial charge in [0.05, 0.1) is 30.5 Å². The van der Waals surface area contributed by atoms with Crippen LogP contribution in [0.5, 0.6) is 5.75 Å². The Morgan fingerprint density at radius 2 is 1.94 bits per heavy atom. The number of halogens is 1. The van der Waals surface area contributed by atoms with Gasteiger partial charge < -0.3 is 18.9 Å². The second-order valence-corrected chi connectivity index (χ2v) is 10.0. The first-order valence-corrected chi connectivity index (χ1v) is 12.4. The third-order valence-corrected chi connectivity index (χ3v) is 7.32. The molecule has 0 aliphatic carbocycles. The summed E-state index contributed by atoms with van der Waals surface area (Å²) in [6, 6.07) is 5.19. The molecule has 3 aromatic rings. The van der Waals surface area contributed by atoms with Crippen LogP contribution in [0.4, 0.5) is 5.82 Å². The van der Waals surface area contributed by atoms with Crippen LogP contribution in [0, 0.1) is 0 Å². The van der Waals surface area contributed by atoms with Crippen molar-refractivity contribution in [3.63, 3.8) is 0 Å². The molecule has 3 heterocycles. The summed E-state index contributed by atoms with van der Waals surface area (Å²) < 4.78 is 39.8. The Morgan fingerprint density at radius 3 is 2.58 bits per heavy atom. The smallest absolute Gasteiger partial charge is 0.251 e. The van der Waals surface area contributed by atoms with E-state index in [1.165, 1.54) is 0 Å². The maximum atomic E-state index is 13.3. The number of aromatic nitrogens is 4. The fourth-order valence-electron chi connectivity index (χ4n) is 3.61. The largest absolute Gasteiger partial charge is 0.496 e. The van der Waals surface area contributed by atoms with E-state index in [0.717, 1.165) is 5.82 Å². The summed E-state index contributed by atoms with van der Waals surface area (Å²) >= 11 is 3.41. The molecule has 0 amide bonds. The van der Waals surface area contributed by atoms with Crippen molar-refractivity contribution < 1.29 is 17.9 Å². The molecule has 0 N–H and O–H groups in total. The number of ether oxygens (including phenoxy) is 2. The monoisotopic (exact) mass is 509 g/mol. The molecule has 1 fully saturated rings. The van der Waals surface area contributed by atoms with Crippen molar-refractivity contribution in [3.8, 4) is 5.75 Å². The number of aryl methyl sites for hydroxylation is 2. The number of hydrogen-bond acceptors (Lipinski definition) is 8. The van der Waals surface area contributed by atoms with Gasteiger partial charge in [-0.2, -0.15) is 9.97 Å². The lowest BCUT2D eigenvalue weighted by Gasteiger charge is -2.28. The van der Waals surface area contributed by atoms with Gasteiger partial charge in [-0.1, -0.05) is 13.0 Å². The van der Waals surface area contributed by atoms with Gasteiger partial charge in [-0.15, -0.1) is 0 Å². The molecule has 0 bridgehead atoms. The minimum atomic E-state index is -3.80. The molecular weight excluding hydrogens is 486 g/mol. The van der Waals surface area contributed by atoms with Gasteiger partial charge in [-0.3, -0.25) is 0 Å². The van der Waals surface area contributed by atoms with Gasteiger partial charge in [0.15, 0.2) is 17.0 Å². The van der Waals surface area contributed by atoms with Gasteiger partial charge in [0.25, 0.3) is 5.16 Å². The van der Waals surface area contributed by atoms with E-state index in [1.807, 2.05) is 23.4 Å². The van der Waals surface area contributed by atoms with Crippen molar-refractivity contribution in [2.24, 2.45) is 7.05 Å². The molecule has 0 saturated carbocycles. The summed E-state index contributed by atoms with van der Waals surface area (Å²) in [7, 11) is -0.390. The second kappa shape index (κ2) is 8.71. The third kappa shape index (κ3) is 4.26. The molecule has 0 spiro atoms. The van der Waals surface area contributed by atoms with Gasteiger partial charge in [0.1, 0.15) is 11.6 Å². The minimum absolute atomic E-state index is 0.195. The molecule has 1 saturated heterocycles. The summed E-state index contributed by atoms with van der Waals surface area (Å²) in [5.74, 6) is 1.78. The number of anilines is 1. The van der Waals surface area contributed by atoms with Gasteiger partial charge in [0.2, 0.25) is 9.84 Å². The average Bonchev–Trinajstić information content (AvgIpc) is 3.09. The molecule has 0 radical (unpaired) electrons. The predicted octanol–water partition coefficient (Wildman–Crippen LogP) is 2.51. The summed E-state index contributed by atoms with van der Waals surface area (Å²) in [5, 5.41) is -0.195.